The van der Waals surface area contributed by atoms with Crippen LogP contribution in [0.2, 0.25) is 0 Å². The summed E-state index contributed by atoms with van der Waals surface area (Å²) in [7, 11) is 0. The van der Waals surface area contributed by atoms with Gasteiger partial charge in [-0.25, -0.2) is 4.98 Å². The number of aromatic nitrogens is 1. The van der Waals surface area contributed by atoms with Gasteiger partial charge in [0.05, 0.1) is 38.1 Å². The van der Waals surface area contributed by atoms with E-state index < -0.39 is 0 Å². The first-order chi connectivity index (χ1) is 11.8. The first kappa shape index (κ1) is 16.3. The van der Waals surface area contributed by atoms with Crippen LogP contribution in [0.1, 0.15) is 6.42 Å². The second-order valence-corrected chi connectivity index (χ2v) is 5.46. The number of pyridine rings is 1. The van der Waals surface area contributed by atoms with Crippen LogP contribution < -0.4 is 15.0 Å². The summed E-state index contributed by atoms with van der Waals surface area (Å²) >= 11 is 0. The van der Waals surface area contributed by atoms with Crippen LogP contribution in [0.15, 0.2) is 48.7 Å². The Morgan fingerprint density at radius 2 is 1.96 bits per heavy atom. The molecule has 0 bridgehead atoms. The molecule has 1 fully saturated rings. The van der Waals surface area contributed by atoms with Crippen molar-refractivity contribution in [3.05, 3.63) is 48.7 Å². The third-order valence-electron chi connectivity index (χ3n) is 3.73. The number of para-hydroxylation sites is 1. The van der Waals surface area contributed by atoms with E-state index in [1.54, 1.807) is 6.20 Å². The minimum atomic E-state index is -0.113. The maximum Gasteiger partial charge on any atom is 0.228 e. The summed E-state index contributed by atoms with van der Waals surface area (Å²) in [6.45, 7) is 3.54. The van der Waals surface area contributed by atoms with Gasteiger partial charge in [0, 0.05) is 13.1 Å². The molecule has 1 aliphatic rings. The van der Waals surface area contributed by atoms with Crippen molar-refractivity contribution in [2.75, 3.05) is 43.1 Å². The molecule has 2 aromatic rings. The molecule has 2 heterocycles. The van der Waals surface area contributed by atoms with Crippen molar-refractivity contribution >= 4 is 17.4 Å². The number of ether oxygens (including phenoxy) is 2. The van der Waals surface area contributed by atoms with E-state index >= 15 is 0 Å². The molecule has 0 saturated carbocycles. The van der Waals surface area contributed by atoms with Gasteiger partial charge in [-0.1, -0.05) is 18.2 Å². The molecule has 1 aliphatic heterocycles. The van der Waals surface area contributed by atoms with E-state index in [0.717, 1.165) is 37.7 Å². The van der Waals surface area contributed by atoms with Crippen LogP contribution in [0.5, 0.6) is 5.75 Å². The van der Waals surface area contributed by atoms with Crippen LogP contribution in [0, 0.1) is 0 Å². The Kier molecular flexibility index (Phi) is 5.63. The molecule has 0 radical (unpaired) electrons. The molecular weight excluding hydrogens is 306 g/mol. The molecule has 1 aromatic carbocycles. The summed E-state index contributed by atoms with van der Waals surface area (Å²) in [5.41, 5.74) is 1.05. The Balaban J connectivity index is 1.44. The van der Waals surface area contributed by atoms with Gasteiger partial charge < -0.3 is 19.7 Å². The minimum absolute atomic E-state index is 0.113. The van der Waals surface area contributed by atoms with Gasteiger partial charge >= 0.3 is 0 Å². The van der Waals surface area contributed by atoms with Crippen LogP contribution in [0.25, 0.3) is 0 Å². The molecule has 24 heavy (non-hydrogen) atoms. The molecule has 1 saturated heterocycles. The van der Waals surface area contributed by atoms with Crippen LogP contribution in [0.3, 0.4) is 0 Å². The Bertz CT molecular complexity index is 640. The zero-order valence-corrected chi connectivity index (χ0v) is 13.5. The molecule has 126 valence electrons. The molecule has 1 N–H and O–H groups in total. The van der Waals surface area contributed by atoms with Crippen LogP contribution in [0.4, 0.5) is 11.5 Å². The summed E-state index contributed by atoms with van der Waals surface area (Å²) in [5, 5.41) is 2.79. The standard InChI is InChI=1S/C18H21N3O3/c22-18(8-11-24-16-4-2-1-3-5-16)20-17-7-6-15(14-19-17)21-9-12-23-13-10-21/h1-7,14H,8-13H2,(H,19,20,22). The molecule has 6 heteroatoms. The molecule has 0 spiro atoms. The van der Waals surface area contributed by atoms with Crippen molar-refractivity contribution in [1.82, 2.24) is 4.98 Å². The summed E-state index contributed by atoms with van der Waals surface area (Å²) in [6.07, 6.45) is 2.06. The average molecular weight is 327 g/mol. The van der Waals surface area contributed by atoms with Gasteiger partial charge in [-0.2, -0.15) is 0 Å². The summed E-state index contributed by atoms with van der Waals surface area (Å²) in [5.74, 6) is 1.20. The molecule has 0 unspecified atom stereocenters. The smallest absolute Gasteiger partial charge is 0.228 e. The first-order valence-corrected chi connectivity index (χ1v) is 8.08. The predicted octanol–water partition coefficient (Wildman–Crippen LogP) is 2.33. The van der Waals surface area contributed by atoms with Crippen molar-refractivity contribution in [3.63, 3.8) is 0 Å². The van der Waals surface area contributed by atoms with E-state index in [9.17, 15) is 4.79 Å². The van der Waals surface area contributed by atoms with Crippen LogP contribution >= 0.6 is 0 Å². The Morgan fingerprint density at radius 1 is 1.17 bits per heavy atom. The summed E-state index contributed by atoms with van der Waals surface area (Å²) < 4.78 is 10.8. The Morgan fingerprint density at radius 3 is 2.67 bits per heavy atom. The monoisotopic (exact) mass is 327 g/mol. The van der Waals surface area contributed by atoms with E-state index in [2.05, 4.69) is 15.2 Å². The quantitative estimate of drug-likeness (QED) is 0.882. The van der Waals surface area contributed by atoms with Gasteiger partial charge in [-0.15, -0.1) is 0 Å². The highest BCUT2D eigenvalue weighted by Gasteiger charge is 2.11. The number of rotatable bonds is 6. The zero-order valence-electron chi connectivity index (χ0n) is 13.5. The number of hydrogen-bond acceptors (Lipinski definition) is 5. The number of carbonyl (C=O) groups is 1. The number of amides is 1. The number of benzene rings is 1. The van der Waals surface area contributed by atoms with E-state index in [4.69, 9.17) is 9.47 Å². The van der Waals surface area contributed by atoms with Gasteiger partial charge in [-0.3, -0.25) is 4.79 Å². The lowest BCUT2D eigenvalue weighted by molar-refractivity contribution is -0.116. The van der Waals surface area contributed by atoms with Crippen molar-refractivity contribution < 1.29 is 14.3 Å². The summed E-state index contributed by atoms with van der Waals surface area (Å²) in [6, 6.07) is 13.2. The van der Waals surface area contributed by atoms with E-state index in [1.165, 1.54) is 0 Å². The van der Waals surface area contributed by atoms with E-state index in [-0.39, 0.29) is 12.3 Å². The van der Waals surface area contributed by atoms with Crippen molar-refractivity contribution in [2.45, 2.75) is 6.42 Å². The second kappa shape index (κ2) is 8.31. The lowest BCUT2D eigenvalue weighted by atomic mass is 10.3. The lowest BCUT2D eigenvalue weighted by Gasteiger charge is -2.28. The largest absolute Gasteiger partial charge is 0.493 e. The SMILES string of the molecule is O=C(CCOc1ccccc1)Nc1ccc(N2CCOCC2)cn1. The number of hydrogen-bond donors (Lipinski definition) is 1. The number of nitrogens with one attached hydrogen (secondary N) is 1. The van der Waals surface area contributed by atoms with Crippen molar-refractivity contribution in [1.29, 1.82) is 0 Å². The average Bonchev–Trinajstić information content (AvgIpc) is 2.64. The number of nitrogens with zero attached hydrogens (tertiary/aromatic N) is 2. The normalized spacial score (nSPS) is 14.2. The molecule has 0 atom stereocenters. The maximum absolute atomic E-state index is 11.9. The maximum atomic E-state index is 11.9. The van der Waals surface area contributed by atoms with Gasteiger partial charge in [0.1, 0.15) is 11.6 Å². The van der Waals surface area contributed by atoms with Crippen molar-refractivity contribution in [2.24, 2.45) is 0 Å². The minimum Gasteiger partial charge on any atom is -0.493 e. The van der Waals surface area contributed by atoms with E-state index in [1.807, 2.05) is 42.5 Å². The topological polar surface area (TPSA) is 63.7 Å². The predicted molar refractivity (Wildman–Crippen MR) is 92.5 cm³/mol. The fourth-order valence-electron chi connectivity index (χ4n) is 2.45. The number of anilines is 2. The molecule has 3 rings (SSSR count). The van der Waals surface area contributed by atoms with Crippen LogP contribution in [-0.4, -0.2) is 43.8 Å². The van der Waals surface area contributed by atoms with E-state index in [0.29, 0.717) is 12.4 Å². The van der Waals surface area contributed by atoms with Gasteiger partial charge in [-0.05, 0) is 24.3 Å². The van der Waals surface area contributed by atoms with Gasteiger partial charge in [0.15, 0.2) is 0 Å². The highest BCUT2D eigenvalue weighted by Crippen LogP contribution is 2.16. The number of morpholine rings is 1. The Hall–Kier alpha value is -2.60. The highest BCUT2D eigenvalue weighted by atomic mass is 16.5. The van der Waals surface area contributed by atoms with Crippen molar-refractivity contribution in [3.8, 4) is 5.75 Å². The van der Waals surface area contributed by atoms with Crippen LogP contribution in [-0.2, 0) is 9.53 Å². The molecule has 6 nitrogen and oxygen atoms in total. The third-order valence-corrected chi connectivity index (χ3v) is 3.73. The molecular formula is C18H21N3O3. The van der Waals surface area contributed by atoms with Gasteiger partial charge in [0.25, 0.3) is 0 Å². The first-order valence-electron chi connectivity index (χ1n) is 8.08. The highest BCUT2D eigenvalue weighted by molar-refractivity contribution is 5.89. The summed E-state index contributed by atoms with van der Waals surface area (Å²) in [4.78, 5) is 18.5. The Labute approximate surface area is 141 Å². The third kappa shape index (κ3) is 4.70. The number of carbonyl (C=O) groups excluding carboxylic acids is 1. The lowest BCUT2D eigenvalue weighted by Crippen LogP contribution is -2.36. The molecule has 1 aromatic heterocycles. The fraction of sp³-hybridized carbons (Fsp3) is 0.333. The second-order valence-electron chi connectivity index (χ2n) is 5.46. The zero-order chi connectivity index (χ0) is 16.6. The van der Waals surface area contributed by atoms with Gasteiger partial charge in [0.2, 0.25) is 5.91 Å². The fourth-order valence-corrected chi connectivity index (χ4v) is 2.45. The molecule has 0 aliphatic carbocycles. The molecule has 1 amide bonds.